The molecule has 2 fully saturated rings. The molecule has 1 aromatic heterocycles. The third-order valence-corrected chi connectivity index (χ3v) is 8.50. The lowest BCUT2D eigenvalue weighted by Gasteiger charge is -2.40. The molecule has 0 bridgehead atoms. The molecule has 1 aliphatic heterocycles. The van der Waals surface area contributed by atoms with Crippen LogP contribution in [0, 0.1) is 11.7 Å². The topological polar surface area (TPSA) is 87.7 Å². The molecule has 8 nitrogen and oxygen atoms in total. The molecule has 2 atom stereocenters. The van der Waals surface area contributed by atoms with Gasteiger partial charge in [0.15, 0.2) is 5.82 Å². The highest BCUT2D eigenvalue weighted by Crippen LogP contribution is 2.35. The minimum absolute atomic E-state index is 0.0218. The highest BCUT2D eigenvalue weighted by Gasteiger charge is 2.34. The maximum atomic E-state index is 13.6. The van der Waals surface area contributed by atoms with Crippen LogP contribution >= 0.6 is 0 Å². The largest absolute Gasteiger partial charge is 0.378 e. The lowest BCUT2D eigenvalue weighted by molar-refractivity contribution is -0.00224. The molecule has 0 spiro atoms. The monoisotopic (exact) mass is 491 g/mol. The SMILES string of the molecule is CN(C)S(=O)(=O)NC1CCN(c2cccnn2)CC1CO[C@H]1CC[C@@H](c2cccc(F)c2)CC1. The van der Waals surface area contributed by atoms with Crippen LogP contribution in [0.5, 0.6) is 0 Å². The number of rotatable bonds is 8. The quantitative estimate of drug-likeness (QED) is 0.611. The second-order valence-corrected chi connectivity index (χ2v) is 11.4. The molecule has 1 N–H and O–H groups in total. The van der Waals surface area contributed by atoms with E-state index in [4.69, 9.17) is 4.74 Å². The second kappa shape index (κ2) is 11.1. The van der Waals surface area contributed by atoms with E-state index in [-0.39, 0.29) is 23.9 Å². The number of halogens is 1. The van der Waals surface area contributed by atoms with E-state index in [0.717, 1.165) is 37.1 Å². The summed E-state index contributed by atoms with van der Waals surface area (Å²) in [6, 6.07) is 10.4. The van der Waals surface area contributed by atoms with Crippen LogP contribution in [0.3, 0.4) is 0 Å². The van der Waals surface area contributed by atoms with Gasteiger partial charge < -0.3 is 9.64 Å². The number of ether oxygens (including phenoxy) is 1. The van der Waals surface area contributed by atoms with Gasteiger partial charge in [0.25, 0.3) is 10.2 Å². The maximum absolute atomic E-state index is 13.6. The van der Waals surface area contributed by atoms with Gasteiger partial charge in [0, 0.05) is 45.3 Å². The Balaban J connectivity index is 1.37. The minimum atomic E-state index is -3.55. The first kappa shape index (κ1) is 25.0. The predicted molar refractivity (Wildman–Crippen MR) is 129 cm³/mol. The fourth-order valence-electron chi connectivity index (χ4n) is 4.91. The first-order chi connectivity index (χ1) is 16.3. The van der Waals surface area contributed by atoms with Crippen LogP contribution in [0.15, 0.2) is 42.6 Å². The zero-order valence-electron chi connectivity index (χ0n) is 19.8. The Labute approximate surface area is 201 Å². The van der Waals surface area contributed by atoms with Crippen molar-refractivity contribution in [3.8, 4) is 0 Å². The minimum Gasteiger partial charge on any atom is -0.378 e. The molecule has 10 heteroatoms. The van der Waals surface area contributed by atoms with Crippen LogP contribution in [0.4, 0.5) is 10.2 Å². The van der Waals surface area contributed by atoms with Crippen molar-refractivity contribution in [3.05, 3.63) is 54.0 Å². The Morgan fingerprint density at radius 1 is 1.15 bits per heavy atom. The molecule has 2 aliphatic rings. The van der Waals surface area contributed by atoms with Gasteiger partial charge in [-0.1, -0.05) is 12.1 Å². The van der Waals surface area contributed by atoms with Crippen LogP contribution < -0.4 is 9.62 Å². The lowest BCUT2D eigenvalue weighted by Crippen LogP contribution is -2.54. The van der Waals surface area contributed by atoms with Crippen molar-refractivity contribution in [2.75, 3.05) is 38.7 Å². The normalized spacial score (nSPS) is 26.1. The van der Waals surface area contributed by atoms with Gasteiger partial charge in [0.2, 0.25) is 0 Å². The first-order valence-corrected chi connectivity index (χ1v) is 13.4. The van der Waals surface area contributed by atoms with Gasteiger partial charge >= 0.3 is 0 Å². The molecule has 2 unspecified atom stereocenters. The fourth-order valence-corrected chi connectivity index (χ4v) is 5.81. The molecule has 34 heavy (non-hydrogen) atoms. The van der Waals surface area contributed by atoms with Gasteiger partial charge in [-0.3, -0.25) is 0 Å². The van der Waals surface area contributed by atoms with Gasteiger partial charge in [0.05, 0.1) is 12.7 Å². The molecule has 0 radical (unpaired) electrons. The Morgan fingerprint density at radius 2 is 1.94 bits per heavy atom. The van der Waals surface area contributed by atoms with E-state index >= 15 is 0 Å². The van der Waals surface area contributed by atoms with Crippen molar-refractivity contribution in [2.24, 2.45) is 5.92 Å². The summed E-state index contributed by atoms with van der Waals surface area (Å²) in [5.74, 6) is 0.938. The highest BCUT2D eigenvalue weighted by atomic mass is 32.2. The standard InChI is InChI=1S/C24H34FN5O3S/c1-29(2)34(31,32)28-23-12-14-30(24-7-4-13-26-27-24)16-20(23)17-33-22-10-8-18(9-11-22)19-5-3-6-21(25)15-19/h3-7,13,15,18,20,22-23,28H,8-12,14,16-17H2,1-2H3/t18-,20?,22+,23?. The van der Waals surface area contributed by atoms with Gasteiger partial charge in [0.1, 0.15) is 5.82 Å². The number of nitrogens with one attached hydrogen (secondary N) is 1. The smallest absolute Gasteiger partial charge is 0.279 e. The fraction of sp³-hybridized carbons (Fsp3) is 0.583. The van der Waals surface area contributed by atoms with Crippen molar-refractivity contribution in [3.63, 3.8) is 0 Å². The summed E-state index contributed by atoms with van der Waals surface area (Å²) < 4.78 is 49.0. The Morgan fingerprint density at radius 3 is 2.62 bits per heavy atom. The number of nitrogens with zero attached hydrogens (tertiary/aromatic N) is 4. The molecular weight excluding hydrogens is 457 g/mol. The third-order valence-electron chi connectivity index (χ3n) is 6.94. The van der Waals surface area contributed by atoms with Crippen molar-refractivity contribution < 1.29 is 17.5 Å². The van der Waals surface area contributed by atoms with Gasteiger partial charge in [-0.15, -0.1) is 5.10 Å². The van der Waals surface area contributed by atoms with Crippen molar-refractivity contribution in [2.45, 2.75) is 50.2 Å². The lowest BCUT2D eigenvalue weighted by atomic mass is 9.82. The Hall–Kier alpha value is -2.14. The summed E-state index contributed by atoms with van der Waals surface area (Å²) in [7, 11) is -0.492. The second-order valence-electron chi connectivity index (χ2n) is 9.45. The summed E-state index contributed by atoms with van der Waals surface area (Å²) in [5.41, 5.74) is 1.06. The van der Waals surface area contributed by atoms with Crippen LogP contribution in [-0.2, 0) is 14.9 Å². The summed E-state index contributed by atoms with van der Waals surface area (Å²) in [4.78, 5) is 2.14. The van der Waals surface area contributed by atoms with Crippen LogP contribution in [-0.4, -0.2) is 68.9 Å². The number of hydrogen-bond donors (Lipinski definition) is 1. The van der Waals surface area contributed by atoms with Crippen molar-refractivity contribution in [1.82, 2.24) is 19.2 Å². The number of aromatic nitrogens is 2. The molecule has 1 aromatic carbocycles. The number of piperidine rings is 1. The van der Waals surface area contributed by atoms with E-state index < -0.39 is 10.2 Å². The van der Waals surface area contributed by atoms with Crippen LogP contribution in [0.2, 0.25) is 0 Å². The predicted octanol–water partition coefficient (Wildman–Crippen LogP) is 2.95. The molecular formula is C24H34FN5O3S. The van der Waals surface area contributed by atoms with Crippen molar-refractivity contribution in [1.29, 1.82) is 0 Å². The summed E-state index contributed by atoms with van der Waals surface area (Å²) in [6.07, 6.45) is 6.17. The molecule has 186 valence electrons. The van der Waals surface area contributed by atoms with Crippen molar-refractivity contribution >= 4 is 16.0 Å². The third kappa shape index (κ3) is 6.29. The Bertz CT molecular complexity index is 1030. The first-order valence-electron chi connectivity index (χ1n) is 11.9. The maximum Gasteiger partial charge on any atom is 0.279 e. The van der Waals surface area contributed by atoms with Crippen LogP contribution in [0.1, 0.15) is 43.6 Å². The van der Waals surface area contributed by atoms with E-state index in [1.807, 2.05) is 18.2 Å². The molecule has 1 saturated carbocycles. The average molecular weight is 492 g/mol. The van der Waals surface area contributed by atoms with E-state index in [1.165, 1.54) is 24.5 Å². The zero-order valence-corrected chi connectivity index (χ0v) is 20.6. The molecule has 2 heterocycles. The van der Waals surface area contributed by atoms with E-state index in [1.54, 1.807) is 18.3 Å². The van der Waals surface area contributed by atoms with E-state index in [9.17, 15) is 12.8 Å². The molecule has 2 aromatic rings. The molecule has 0 amide bonds. The van der Waals surface area contributed by atoms with E-state index in [0.29, 0.717) is 32.0 Å². The zero-order chi connectivity index (χ0) is 24.1. The average Bonchev–Trinajstić information content (AvgIpc) is 2.84. The highest BCUT2D eigenvalue weighted by molar-refractivity contribution is 7.87. The summed E-state index contributed by atoms with van der Waals surface area (Å²) >= 11 is 0. The Kier molecular flexibility index (Phi) is 8.13. The molecule has 1 aliphatic carbocycles. The van der Waals surface area contributed by atoms with Gasteiger partial charge in [-0.2, -0.15) is 22.5 Å². The van der Waals surface area contributed by atoms with Gasteiger partial charge in [-0.25, -0.2) is 4.39 Å². The molecule has 4 rings (SSSR count). The number of benzene rings is 1. The summed E-state index contributed by atoms with van der Waals surface area (Å²) in [5, 5.41) is 8.20. The van der Waals surface area contributed by atoms with Crippen LogP contribution in [0.25, 0.3) is 0 Å². The number of anilines is 1. The van der Waals surface area contributed by atoms with E-state index in [2.05, 4.69) is 19.8 Å². The van der Waals surface area contributed by atoms with Gasteiger partial charge in [-0.05, 0) is 67.9 Å². The number of hydrogen-bond acceptors (Lipinski definition) is 6. The summed E-state index contributed by atoms with van der Waals surface area (Å²) in [6.45, 7) is 1.79. The molecule has 1 saturated heterocycles.